The quantitative estimate of drug-likeness (QED) is 0.845. The fraction of sp³-hybridized carbons (Fsp3) is 0.0909. The highest BCUT2D eigenvalue weighted by Crippen LogP contribution is 2.16. The van der Waals surface area contributed by atoms with Crippen LogP contribution in [0.25, 0.3) is 0 Å². The van der Waals surface area contributed by atoms with E-state index in [2.05, 4.69) is 10.3 Å². The van der Waals surface area contributed by atoms with Gasteiger partial charge >= 0.3 is 0 Å². The molecule has 2 heterocycles. The minimum Gasteiger partial charge on any atom is -0.321 e. The molecule has 0 aliphatic heterocycles. The number of hydrogen-bond donors (Lipinski definition) is 1. The van der Waals surface area contributed by atoms with Gasteiger partial charge in [-0.15, -0.1) is 11.3 Å². The third-order valence-electron chi connectivity index (χ3n) is 1.90. The first-order valence-electron chi connectivity index (χ1n) is 4.53. The van der Waals surface area contributed by atoms with E-state index in [1.807, 2.05) is 19.1 Å². The van der Waals surface area contributed by atoms with Gasteiger partial charge in [0.25, 0.3) is 5.91 Å². The highest BCUT2D eigenvalue weighted by molar-refractivity contribution is 7.14. The van der Waals surface area contributed by atoms with Crippen LogP contribution in [-0.4, -0.2) is 10.9 Å². The molecule has 3 nitrogen and oxygen atoms in total. The van der Waals surface area contributed by atoms with E-state index in [1.165, 1.54) is 11.3 Å². The van der Waals surface area contributed by atoms with E-state index in [9.17, 15) is 4.79 Å². The zero-order valence-electron chi connectivity index (χ0n) is 8.23. The first-order chi connectivity index (χ1) is 7.25. The molecule has 15 heavy (non-hydrogen) atoms. The predicted octanol–water partition coefficient (Wildman–Crippen LogP) is 2.95. The molecule has 0 saturated heterocycles. The lowest BCUT2D eigenvalue weighted by Gasteiger charge is -2.01. The third kappa shape index (κ3) is 2.41. The molecule has 78 valence electrons. The maximum absolute atomic E-state index is 11.7. The van der Waals surface area contributed by atoms with Gasteiger partial charge in [0, 0.05) is 24.4 Å². The van der Waals surface area contributed by atoms with E-state index in [4.69, 9.17) is 0 Å². The summed E-state index contributed by atoms with van der Waals surface area (Å²) in [7, 11) is 0. The number of amides is 1. The largest absolute Gasteiger partial charge is 0.321 e. The van der Waals surface area contributed by atoms with Crippen molar-refractivity contribution >= 4 is 22.9 Å². The van der Waals surface area contributed by atoms with Gasteiger partial charge in [0.15, 0.2) is 0 Å². The van der Waals surface area contributed by atoms with Crippen molar-refractivity contribution in [1.82, 2.24) is 4.98 Å². The highest BCUT2D eigenvalue weighted by Gasteiger charge is 2.07. The number of thiophene rings is 1. The van der Waals surface area contributed by atoms with Gasteiger partial charge in [-0.2, -0.15) is 0 Å². The summed E-state index contributed by atoms with van der Waals surface area (Å²) < 4.78 is 0. The molecular formula is C11H12N2OS. The number of aryl methyl sites for hydroxylation is 1. The van der Waals surface area contributed by atoms with Gasteiger partial charge in [-0.05, 0) is 31.2 Å². The lowest BCUT2D eigenvalue weighted by atomic mass is 10.3. The normalized spacial score (nSPS) is 9.93. The van der Waals surface area contributed by atoms with Gasteiger partial charge in [-0.25, -0.2) is 0 Å². The number of anilines is 1. The minimum absolute atomic E-state index is 0. The van der Waals surface area contributed by atoms with Crippen LogP contribution in [0, 0.1) is 6.92 Å². The first kappa shape index (κ1) is 9.86. The summed E-state index contributed by atoms with van der Waals surface area (Å²) in [4.78, 5) is 17.4. The van der Waals surface area contributed by atoms with E-state index in [1.54, 1.807) is 24.5 Å². The Morgan fingerprint density at radius 1 is 1.33 bits per heavy atom. The second kappa shape index (κ2) is 4.23. The highest BCUT2D eigenvalue weighted by atomic mass is 32.1. The number of carbonyl (C=O) groups is 1. The van der Waals surface area contributed by atoms with Crippen LogP contribution < -0.4 is 5.32 Å². The van der Waals surface area contributed by atoms with Gasteiger partial charge in [-0.1, -0.05) is 0 Å². The van der Waals surface area contributed by atoms with Gasteiger partial charge in [0.05, 0.1) is 4.88 Å². The van der Waals surface area contributed by atoms with Crippen LogP contribution in [0.4, 0.5) is 5.69 Å². The topological polar surface area (TPSA) is 42.0 Å². The molecule has 0 aliphatic rings. The van der Waals surface area contributed by atoms with E-state index < -0.39 is 0 Å². The fourth-order valence-corrected chi connectivity index (χ4v) is 1.95. The zero-order valence-corrected chi connectivity index (χ0v) is 9.04. The molecule has 0 saturated carbocycles. The van der Waals surface area contributed by atoms with E-state index in [0.717, 1.165) is 15.4 Å². The molecule has 0 fully saturated rings. The SMILES string of the molecule is Cc1ccc(C(=O)Nc2ccncc2)s1.[HH]. The first-order valence-corrected chi connectivity index (χ1v) is 5.35. The Morgan fingerprint density at radius 3 is 2.67 bits per heavy atom. The van der Waals surface area contributed by atoms with Crippen molar-refractivity contribution in [1.29, 1.82) is 0 Å². The minimum atomic E-state index is -0.0701. The van der Waals surface area contributed by atoms with E-state index in [0.29, 0.717) is 0 Å². The van der Waals surface area contributed by atoms with Crippen molar-refractivity contribution in [3.63, 3.8) is 0 Å². The number of nitrogens with one attached hydrogen (secondary N) is 1. The Balaban J connectivity index is 0.00000128. The summed E-state index contributed by atoms with van der Waals surface area (Å²) in [5, 5.41) is 2.80. The average Bonchev–Trinajstić information content (AvgIpc) is 2.66. The van der Waals surface area contributed by atoms with Gasteiger partial charge in [-0.3, -0.25) is 9.78 Å². The smallest absolute Gasteiger partial charge is 0.265 e. The maximum Gasteiger partial charge on any atom is 0.265 e. The molecule has 0 spiro atoms. The monoisotopic (exact) mass is 220 g/mol. The number of hydrogen-bond acceptors (Lipinski definition) is 3. The van der Waals surface area contributed by atoms with Crippen molar-refractivity contribution < 1.29 is 6.22 Å². The maximum atomic E-state index is 11.7. The molecule has 0 atom stereocenters. The van der Waals surface area contributed by atoms with Gasteiger partial charge in [0.2, 0.25) is 0 Å². The van der Waals surface area contributed by atoms with Crippen molar-refractivity contribution in [3.8, 4) is 0 Å². The Morgan fingerprint density at radius 2 is 2.07 bits per heavy atom. The lowest BCUT2D eigenvalue weighted by Crippen LogP contribution is -2.09. The van der Waals surface area contributed by atoms with E-state index >= 15 is 0 Å². The van der Waals surface area contributed by atoms with Crippen molar-refractivity contribution in [2.75, 3.05) is 5.32 Å². The van der Waals surface area contributed by atoms with Crippen molar-refractivity contribution in [2.45, 2.75) is 6.92 Å². The average molecular weight is 220 g/mol. The third-order valence-corrected chi connectivity index (χ3v) is 2.90. The molecular weight excluding hydrogens is 208 g/mol. The number of carbonyl (C=O) groups excluding carboxylic acids is 1. The summed E-state index contributed by atoms with van der Waals surface area (Å²) in [6.45, 7) is 1.98. The van der Waals surface area contributed by atoms with Crippen molar-refractivity contribution in [3.05, 3.63) is 46.4 Å². The van der Waals surface area contributed by atoms with Crippen LogP contribution in [0.1, 0.15) is 16.0 Å². The Bertz CT molecular complexity index is 470. The molecule has 0 radical (unpaired) electrons. The number of pyridine rings is 1. The van der Waals surface area contributed by atoms with Gasteiger partial charge < -0.3 is 5.32 Å². The van der Waals surface area contributed by atoms with Gasteiger partial charge in [0.1, 0.15) is 0 Å². The predicted molar refractivity (Wildman–Crippen MR) is 63.4 cm³/mol. The summed E-state index contributed by atoms with van der Waals surface area (Å²) >= 11 is 1.49. The number of rotatable bonds is 2. The van der Waals surface area contributed by atoms with Crippen molar-refractivity contribution in [2.24, 2.45) is 0 Å². The van der Waals surface area contributed by atoms with Crippen LogP contribution >= 0.6 is 11.3 Å². The molecule has 4 heteroatoms. The van der Waals surface area contributed by atoms with Crippen LogP contribution in [0.3, 0.4) is 0 Å². The van der Waals surface area contributed by atoms with Crippen LogP contribution in [-0.2, 0) is 0 Å². The lowest BCUT2D eigenvalue weighted by molar-refractivity contribution is 0.103. The number of nitrogens with zero attached hydrogens (tertiary/aromatic N) is 1. The molecule has 2 rings (SSSR count). The second-order valence-corrected chi connectivity index (χ2v) is 4.39. The summed E-state index contributed by atoms with van der Waals surface area (Å²) in [6, 6.07) is 7.29. The zero-order chi connectivity index (χ0) is 10.7. The Hall–Kier alpha value is -1.68. The summed E-state index contributed by atoms with van der Waals surface area (Å²) in [5.74, 6) is -0.0701. The van der Waals surface area contributed by atoms with E-state index in [-0.39, 0.29) is 7.33 Å². The number of aromatic nitrogens is 1. The summed E-state index contributed by atoms with van der Waals surface area (Å²) in [6.07, 6.45) is 3.30. The standard InChI is InChI=1S/C11H10N2OS.H2/c1-8-2-3-10(15-8)11(14)13-9-4-6-12-7-5-9;/h2-7H,1H3,(H,12,13,14);1H. The molecule has 0 aliphatic carbocycles. The molecule has 0 aromatic carbocycles. The Kier molecular flexibility index (Phi) is 2.78. The fourth-order valence-electron chi connectivity index (χ4n) is 1.18. The molecule has 0 bridgehead atoms. The van der Waals surface area contributed by atoms with Crippen LogP contribution in [0.15, 0.2) is 36.7 Å². The molecule has 1 amide bonds. The molecule has 1 N–H and O–H groups in total. The molecule has 2 aromatic heterocycles. The second-order valence-electron chi connectivity index (χ2n) is 3.10. The van der Waals surface area contributed by atoms with Crippen LogP contribution in [0.5, 0.6) is 0 Å². The molecule has 2 aromatic rings. The summed E-state index contributed by atoms with van der Waals surface area (Å²) in [5.41, 5.74) is 0.765. The Labute approximate surface area is 93.3 Å². The van der Waals surface area contributed by atoms with Crippen LogP contribution in [0.2, 0.25) is 0 Å². The molecule has 0 unspecified atom stereocenters.